The molecule has 2 saturated heterocycles. The van der Waals surface area contributed by atoms with E-state index in [0.717, 1.165) is 63.2 Å². The Morgan fingerprint density at radius 2 is 1.48 bits per heavy atom. The summed E-state index contributed by atoms with van der Waals surface area (Å²) >= 11 is 0. The van der Waals surface area contributed by atoms with E-state index in [1.807, 2.05) is 29.3 Å². The first-order valence-corrected chi connectivity index (χ1v) is 17.8. The van der Waals surface area contributed by atoms with Gasteiger partial charge < -0.3 is 19.3 Å². The average molecular weight is 643 g/mol. The minimum atomic E-state index is 0.146. The number of aryl methyl sites for hydroxylation is 2. The first-order valence-electron chi connectivity index (χ1n) is 17.8. The van der Waals surface area contributed by atoms with Crippen LogP contribution in [0.5, 0.6) is 0 Å². The van der Waals surface area contributed by atoms with Gasteiger partial charge in [-0.1, -0.05) is 36.4 Å². The molecular formula is C41H50N6O. The molecule has 7 heteroatoms. The SMILES string of the molecule is Cc1c(C)n(CCCN2CCN(C)CC2)c2ccc(Cc3cccc(C(=O)N4CCN(CCc5ccc6cccnc6c5)CC4)c3)cc12. The van der Waals surface area contributed by atoms with Crippen LogP contribution in [0.25, 0.3) is 21.8 Å². The monoisotopic (exact) mass is 642 g/mol. The zero-order chi connectivity index (χ0) is 33.0. The van der Waals surface area contributed by atoms with Gasteiger partial charge in [-0.15, -0.1) is 0 Å². The number of carbonyl (C=O) groups is 1. The summed E-state index contributed by atoms with van der Waals surface area (Å²) < 4.78 is 2.52. The Bertz CT molecular complexity index is 1880. The summed E-state index contributed by atoms with van der Waals surface area (Å²) in [5.74, 6) is 0.146. The second-order valence-electron chi connectivity index (χ2n) is 14.0. The number of rotatable bonds is 10. The lowest BCUT2D eigenvalue weighted by molar-refractivity contribution is 0.0638. The predicted molar refractivity (Wildman–Crippen MR) is 197 cm³/mol. The van der Waals surface area contributed by atoms with Crippen molar-refractivity contribution >= 4 is 27.7 Å². The van der Waals surface area contributed by atoms with Gasteiger partial charge in [0.1, 0.15) is 0 Å². The molecule has 3 aromatic carbocycles. The third-order valence-electron chi connectivity index (χ3n) is 10.8. The number of carbonyl (C=O) groups excluding carboxylic acids is 1. The number of amides is 1. The lowest BCUT2D eigenvalue weighted by atomic mass is 10.0. The third-order valence-corrected chi connectivity index (χ3v) is 10.8. The lowest BCUT2D eigenvalue weighted by Crippen LogP contribution is -2.49. The fourth-order valence-electron chi connectivity index (χ4n) is 7.58. The van der Waals surface area contributed by atoms with Gasteiger partial charge in [-0.25, -0.2) is 0 Å². The summed E-state index contributed by atoms with van der Waals surface area (Å²) in [6.07, 6.45) is 4.85. The molecule has 48 heavy (non-hydrogen) atoms. The van der Waals surface area contributed by atoms with Gasteiger partial charge in [0.2, 0.25) is 0 Å². The molecule has 0 unspecified atom stereocenters. The van der Waals surface area contributed by atoms with E-state index < -0.39 is 0 Å². The molecule has 5 aromatic rings. The smallest absolute Gasteiger partial charge is 0.253 e. The Hall–Kier alpha value is -4.04. The van der Waals surface area contributed by atoms with E-state index in [1.165, 1.54) is 83.4 Å². The number of benzene rings is 3. The lowest BCUT2D eigenvalue weighted by Gasteiger charge is -2.34. The fourth-order valence-corrected chi connectivity index (χ4v) is 7.58. The molecule has 0 atom stereocenters. The Balaban J connectivity index is 0.933. The second-order valence-corrected chi connectivity index (χ2v) is 14.0. The zero-order valence-corrected chi connectivity index (χ0v) is 29.0. The molecule has 2 aliphatic heterocycles. The molecule has 2 fully saturated rings. The van der Waals surface area contributed by atoms with E-state index in [1.54, 1.807) is 0 Å². The minimum absolute atomic E-state index is 0.146. The highest BCUT2D eigenvalue weighted by molar-refractivity contribution is 5.94. The van der Waals surface area contributed by atoms with Gasteiger partial charge in [-0.2, -0.15) is 0 Å². The molecule has 4 heterocycles. The standard InChI is InChI=1S/C41H50N6O/c1-31-32(2)47(17-6-16-44-21-19-43(3)20-22-44)40-13-11-35(29-38(31)40)27-34-7-4-8-37(28-34)41(48)46-25-23-45(24-26-46)18-14-33-10-12-36-9-5-15-42-39(36)30-33/h4-5,7-13,15,28-30H,6,14,16-27H2,1-3H3. The normalized spacial score (nSPS) is 16.7. The number of hydrogen-bond acceptors (Lipinski definition) is 5. The molecule has 0 radical (unpaired) electrons. The second kappa shape index (κ2) is 14.6. The van der Waals surface area contributed by atoms with Crippen LogP contribution in [0.1, 0.15) is 44.7 Å². The van der Waals surface area contributed by atoms with Crippen molar-refractivity contribution in [1.82, 2.24) is 29.2 Å². The summed E-state index contributed by atoms with van der Waals surface area (Å²) in [7, 11) is 2.22. The highest BCUT2D eigenvalue weighted by Crippen LogP contribution is 2.28. The predicted octanol–water partition coefficient (Wildman–Crippen LogP) is 6.04. The molecule has 250 valence electrons. The zero-order valence-electron chi connectivity index (χ0n) is 29.0. The Kier molecular flexibility index (Phi) is 9.89. The van der Waals surface area contributed by atoms with Gasteiger partial charge in [-0.05, 0) is 105 Å². The molecule has 1 amide bonds. The van der Waals surface area contributed by atoms with Crippen molar-refractivity contribution in [3.8, 4) is 0 Å². The summed E-state index contributed by atoms with van der Waals surface area (Å²) in [6, 6.07) is 25.9. The molecule has 2 aliphatic rings. The van der Waals surface area contributed by atoms with E-state index in [-0.39, 0.29) is 5.91 Å². The van der Waals surface area contributed by atoms with Crippen LogP contribution in [-0.2, 0) is 19.4 Å². The van der Waals surface area contributed by atoms with Crippen molar-refractivity contribution in [3.63, 3.8) is 0 Å². The first-order chi connectivity index (χ1) is 23.4. The van der Waals surface area contributed by atoms with Crippen LogP contribution in [0.4, 0.5) is 0 Å². The molecule has 0 bridgehead atoms. The van der Waals surface area contributed by atoms with Gasteiger partial charge in [0, 0.05) is 99.2 Å². The Morgan fingerprint density at radius 3 is 2.31 bits per heavy atom. The van der Waals surface area contributed by atoms with E-state index in [0.29, 0.717) is 0 Å². The molecular weight excluding hydrogens is 592 g/mol. The molecule has 0 aliphatic carbocycles. The van der Waals surface area contributed by atoms with Gasteiger partial charge in [-0.3, -0.25) is 14.7 Å². The average Bonchev–Trinajstić information content (AvgIpc) is 3.35. The maximum atomic E-state index is 13.6. The van der Waals surface area contributed by atoms with Crippen molar-refractivity contribution in [2.24, 2.45) is 0 Å². The number of piperazine rings is 2. The van der Waals surface area contributed by atoms with Crippen molar-refractivity contribution < 1.29 is 4.79 Å². The molecule has 0 N–H and O–H groups in total. The van der Waals surface area contributed by atoms with Crippen LogP contribution in [0.2, 0.25) is 0 Å². The quantitative estimate of drug-likeness (QED) is 0.186. The van der Waals surface area contributed by atoms with Crippen LogP contribution in [0.3, 0.4) is 0 Å². The van der Waals surface area contributed by atoms with Crippen molar-refractivity contribution in [1.29, 1.82) is 0 Å². The maximum absolute atomic E-state index is 13.6. The topological polar surface area (TPSA) is 47.9 Å². The van der Waals surface area contributed by atoms with Gasteiger partial charge in [0.15, 0.2) is 0 Å². The van der Waals surface area contributed by atoms with Crippen LogP contribution < -0.4 is 0 Å². The number of fused-ring (bicyclic) bond motifs is 2. The summed E-state index contributed by atoms with van der Waals surface area (Å²) in [4.78, 5) is 27.6. The minimum Gasteiger partial charge on any atom is -0.345 e. The van der Waals surface area contributed by atoms with Crippen molar-refractivity contribution in [2.75, 3.05) is 72.5 Å². The number of aromatic nitrogens is 2. The molecule has 7 nitrogen and oxygen atoms in total. The van der Waals surface area contributed by atoms with Crippen LogP contribution in [-0.4, -0.2) is 108 Å². The summed E-state index contributed by atoms with van der Waals surface area (Å²) in [6.45, 7) is 15.8. The number of pyridine rings is 1. The Labute approximate surface area is 285 Å². The molecule has 0 saturated carbocycles. The van der Waals surface area contributed by atoms with E-state index in [2.05, 4.69) is 99.7 Å². The van der Waals surface area contributed by atoms with Gasteiger partial charge in [0.25, 0.3) is 5.91 Å². The maximum Gasteiger partial charge on any atom is 0.253 e. The number of likely N-dealkylation sites (N-methyl/N-ethyl adjacent to an activating group) is 1. The third kappa shape index (κ3) is 7.34. The highest BCUT2D eigenvalue weighted by atomic mass is 16.2. The van der Waals surface area contributed by atoms with Crippen molar-refractivity contribution in [2.45, 2.75) is 39.7 Å². The van der Waals surface area contributed by atoms with Crippen LogP contribution in [0, 0.1) is 13.8 Å². The number of nitrogens with zero attached hydrogens (tertiary/aromatic N) is 6. The molecule has 7 rings (SSSR count). The summed E-state index contributed by atoms with van der Waals surface area (Å²) in [5, 5.41) is 2.54. The van der Waals surface area contributed by atoms with E-state index in [4.69, 9.17) is 0 Å². The molecule has 2 aromatic heterocycles. The number of hydrogen-bond donors (Lipinski definition) is 0. The Morgan fingerprint density at radius 1 is 0.729 bits per heavy atom. The highest BCUT2D eigenvalue weighted by Gasteiger charge is 2.22. The van der Waals surface area contributed by atoms with E-state index in [9.17, 15) is 4.79 Å². The van der Waals surface area contributed by atoms with E-state index >= 15 is 0 Å². The largest absolute Gasteiger partial charge is 0.345 e. The van der Waals surface area contributed by atoms with Gasteiger partial charge >= 0.3 is 0 Å². The van der Waals surface area contributed by atoms with Gasteiger partial charge in [0.05, 0.1) is 5.52 Å². The molecule has 0 spiro atoms. The first kappa shape index (κ1) is 32.5. The summed E-state index contributed by atoms with van der Waals surface area (Å²) in [5.41, 5.74) is 9.73. The van der Waals surface area contributed by atoms with Crippen LogP contribution >= 0.6 is 0 Å². The van der Waals surface area contributed by atoms with Crippen LogP contribution in [0.15, 0.2) is 79.0 Å². The van der Waals surface area contributed by atoms with Crippen molar-refractivity contribution in [3.05, 3.63) is 113 Å². The fraction of sp³-hybridized carbons (Fsp3) is 0.415.